The van der Waals surface area contributed by atoms with E-state index in [2.05, 4.69) is 12.2 Å². The Kier molecular flexibility index (Phi) is 9.84. The molecule has 6 heteroatoms. The summed E-state index contributed by atoms with van der Waals surface area (Å²) < 4.78 is 5.43. The summed E-state index contributed by atoms with van der Waals surface area (Å²) in [5.41, 5.74) is 0.352. The van der Waals surface area contributed by atoms with Gasteiger partial charge >= 0.3 is 5.97 Å². The van der Waals surface area contributed by atoms with Crippen LogP contribution in [-0.2, 0) is 4.74 Å². The first-order chi connectivity index (χ1) is 11.5. The third-order valence-corrected chi connectivity index (χ3v) is 3.93. The van der Waals surface area contributed by atoms with E-state index in [0.717, 1.165) is 12.8 Å². The van der Waals surface area contributed by atoms with E-state index in [9.17, 15) is 9.90 Å². The van der Waals surface area contributed by atoms with Crippen LogP contribution in [0.5, 0.6) is 5.75 Å². The predicted molar refractivity (Wildman–Crippen MR) is 99.8 cm³/mol. The van der Waals surface area contributed by atoms with E-state index in [4.69, 9.17) is 22.1 Å². The molecule has 0 aromatic heterocycles. The molecule has 0 heterocycles. The van der Waals surface area contributed by atoms with Gasteiger partial charge in [-0.3, -0.25) is 0 Å². The van der Waals surface area contributed by atoms with Crippen molar-refractivity contribution in [3.63, 3.8) is 0 Å². The minimum atomic E-state index is -1.17. The van der Waals surface area contributed by atoms with Crippen molar-refractivity contribution in [1.29, 1.82) is 0 Å². The first-order valence-corrected chi connectivity index (χ1v) is 8.95. The van der Waals surface area contributed by atoms with Gasteiger partial charge in [0.25, 0.3) is 5.17 Å². The van der Waals surface area contributed by atoms with Crippen LogP contribution in [0.4, 0.5) is 5.69 Å². The van der Waals surface area contributed by atoms with Crippen molar-refractivity contribution in [3.8, 4) is 5.75 Å². The van der Waals surface area contributed by atoms with Gasteiger partial charge in [0.2, 0.25) is 0 Å². The molecule has 0 spiro atoms. The minimum Gasteiger partial charge on any atom is -0.507 e. The maximum atomic E-state index is 10.8. The Morgan fingerprint density at radius 3 is 2.33 bits per heavy atom. The first-order valence-electron chi connectivity index (χ1n) is 8.54. The molecule has 0 aliphatic rings. The summed E-state index contributed by atoms with van der Waals surface area (Å²) in [6.07, 6.45) is 9.82. The maximum Gasteiger partial charge on any atom is 0.339 e. The number of aromatic hydroxyl groups is 1. The summed E-state index contributed by atoms with van der Waals surface area (Å²) in [5, 5.41) is 21.5. The normalized spacial score (nSPS) is 10.4. The fourth-order valence-corrected chi connectivity index (χ4v) is 2.55. The number of unbranched alkanes of at least 4 members (excludes halogenated alkanes) is 7. The molecule has 134 valence electrons. The van der Waals surface area contributed by atoms with Crippen molar-refractivity contribution < 1.29 is 19.7 Å². The lowest BCUT2D eigenvalue weighted by Gasteiger charge is -2.10. The van der Waals surface area contributed by atoms with Crippen LogP contribution in [0.25, 0.3) is 0 Å². The van der Waals surface area contributed by atoms with Crippen LogP contribution in [0.3, 0.4) is 0 Å². The average molecular weight is 353 g/mol. The first kappa shape index (κ1) is 20.2. The number of hydrogen-bond acceptors (Lipinski definition) is 4. The number of benzene rings is 1. The highest BCUT2D eigenvalue weighted by Crippen LogP contribution is 2.22. The molecule has 0 aliphatic carbocycles. The number of aromatic carboxylic acids is 1. The van der Waals surface area contributed by atoms with Gasteiger partial charge in [0, 0.05) is 11.8 Å². The van der Waals surface area contributed by atoms with Gasteiger partial charge < -0.3 is 20.3 Å². The highest BCUT2D eigenvalue weighted by molar-refractivity contribution is 7.80. The lowest BCUT2D eigenvalue weighted by molar-refractivity contribution is 0.0694. The van der Waals surface area contributed by atoms with E-state index < -0.39 is 5.97 Å². The number of carboxylic acid groups (broad SMARTS) is 1. The van der Waals surface area contributed by atoms with Crippen LogP contribution >= 0.6 is 12.2 Å². The number of carboxylic acids is 1. The molecule has 0 bridgehead atoms. The Balaban J connectivity index is 2.16. The molecule has 0 amide bonds. The second kappa shape index (κ2) is 11.7. The number of nitrogens with one attached hydrogen (secondary N) is 1. The lowest BCUT2D eigenvalue weighted by atomic mass is 10.1. The van der Waals surface area contributed by atoms with Crippen LogP contribution < -0.4 is 5.32 Å². The fraction of sp³-hybridized carbons (Fsp3) is 0.556. The Bertz CT molecular complexity index is 534. The molecule has 5 nitrogen and oxygen atoms in total. The van der Waals surface area contributed by atoms with E-state index in [0.29, 0.717) is 12.3 Å². The molecule has 0 atom stereocenters. The van der Waals surface area contributed by atoms with E-state index in [1.54, 1.807) is 0 Å². The summed E-state index contributed by atoms with van der Waals surface area (Å²) in [7, 11) is 0. The molecule has 0 unspecified atom stereocenters. The molecular weight excluding hydrogens is 326 g/mol. The molecule has 1 rings (SSSR count). The minimum absolute atomic E-state index is 0.147. The molecule has 24 heavy (non-hydrogen) atoms. The average Bonchev–Trinajstić information content (AvgIpc) is 2.53. The highest BCUT2D eigenvalue weighted by Gasteiger charge is 2.10. The van der Waals surface area contributed by atoms with Crippen molar-refractivity contribution in [2.45, 2.75) is 58.3 Å². The van der Waals surface area contributed by atoms with Gasteiger partial charge in [-0.05, 0) is 30.8 Å². The van der Waals surface area contributed by atoms with Gasteiger partial charge in [0.1, 0.15) is 11.3 Å². The zero-order valence-corrected chi connectivity index (χ0v) is 15.0. The van der Waals surface area contributed by atoms with E-state index in [1.807, 2.05) is 0 Å². The standard InChI is InChI=1S/C18H27NO4S/c1-2-3-4-5-6-7-8-9-12-23-18(24)19-14-10-11-15(17(21)22)16(20)13-14/h10-11,13,20H,2-9,12H2,1H3,(H,19,24)(H,21,22). The summed E-state index contributed by atoms with van der Waals surface area (Å²) in [4.78, 5) is 10.8. The maximum absolute atomic E-state index is 10.8. The molecule has 0 fully saturated rings. The zero-order chi connectivity index (χ0) is 17.8. The topological polar surface area (TPSA) is 78.8 Å². The number of anilines is 1. The molecule has 1 aromatic carbocycles. The van der Waals surface area contributed by atoms with Crippen LogP contribution in [0.2, 0.25) is 0 Å². The SMILES string of the molecule is CCCCCCCCCCOC(=S)Nc1ccc(C(=O)O)c(O)c1. The van der Waals surface area contributed by atoms with Crippen molar-refractivity contribution in [1.82, 2.24) is 0 Å². The molecular formula is C18H27NO4S. The molecule has 0 saturated carbocycles. The smallest absolute Gasteiger partial charge is 0.339 e. The lowest BCUT2D eigenvalue weighted by Crippen LogP contribution is -2.14. The summed E-state index contributed by atoms with van der Waals surface area (Å²) >= 11 is 5.08. The Labute approximate surface area is 149 Å². The fourth-order valence-electron chi connectivity index (χ4n) is 2.34. The largest absolute Gasteiger partial charge is 0.507 e. The molecule has 0 saturated heterocycles. The molecule has 0 radical (unpaired) electrons. The third-order valence-electron chi connectivity index (χ3n) is 3.71. The Morgan fingerprint density at radius 1 is 1.12 bits per heavy atom. The number of carbonyl (C=O) groups is 1. The van der Waals surface area contributed by atoms with Crippen LogP contribution in [0.15, 0.2) is 18.2 Å². The monoisotopic (exact) mass is 353 g/mol. The van der Waals surface area contributed by atoms with Gasteiger partial charge in [0.15, 0.2) is 0 Å². The van der Waals surface area contributed by atoms with E-state index >= 15 is 0 Å². The summed E-state index contributed by atoms with van der Waals surface area (Å²) in [5.74, 6) is -1.48. The second-order valence-corrected chi connectivity index (χ2v) is 6.14. The second-order valence-electron chi connectivity index (χ2n) is 5.77. The number of phenols is 1. The van der Waals surface area contributed by atoms with E-state index in [1.165, 1.54) is 56.7 Å². The van der Waals surface area contributed by atoms with Gasteiger partial charge in [-0.2, -0.15) is 0 Å². The predicted octanol–water partition coefficient (Wildman–Crippen LogP) is 4.94. The molecule has 1 aromatic rings. The zero-order valence-electron chi connectivity index (χ0n) is 14.2. The number of thiocarbonyl (C=S) groups is 1. The number of hydrogen-bond donors (Lipinski definition) is 3. The van der Waals surface area contributed by atoms with Crippen molar-refractivity contribution >= 4 is 29.0 Å². The molecule has 3 N–H and O–H groups in total. The van der Waals surface area contributed by atoms with Crippen LogP contribution in [-0.4, -0.2) is 28.0 Å². The number of rotatable bonds is 11. The van der Waals surface area contributed by atoms with Crippen LogP contribution in [0.1, 0.15) is 68.6 Å². The van der Waals surface area contributed by atoms with Crippen LogP contribution in [0, 0.1) is 0 Å². The van der Waals surface area contributed by atoms with Gasteiger partial charge in [0.05, 0.1) is 6.61 Å². The number of ether oxygens (including phenoxy) is 1. The third kappa shape index (κ3) is 8.15. The van der Waals surface area contributed by atoms with Gasteiger partial charge in [-0.15, -0.1) is 0 Å². The van der Waals surface area contributed by atoms with Crippen molar-refractivity contribution in [2.24, 2.45) is 0 Å². The van der Waals surface area contributed by atoms with E-state index in [-0.39, 0.29) is 16.5 Å². The summed E-state index contributed by atoms with van der Waals surface area (Å²) in [6.45, 7) is 2.77. The highest BCUT2D eigenvalue weighted by atomic mass is 32.1. The van der Waals surface area contributed by atoms with Gasteiger partial charge in [-0.25, -0.2) is 4.79 Å². The Hall–Kier alpha value is -1.82. The summed E-state index contributed by atoms with van der Waals surface area (Å²) in [6, 6.07) is 4.17. The van der Waals surface area contributed by atoms with Crippen molar-refractivity contribution in [3.05, 3.63) is 23.8 Å². The Morgan fingerprint density at radius 2 is 1.75 bits per heavy atom. The molecule has 0 aliphatic heterocycles. The van der Waals surface area contributed by atoms with Gasteiger partial charge in [-0.1, -0.05) is 51.9 Å². The van der Waals surface area contributed by atoms with Crippen molar-refractivity contribution in [2.75, 3.05) is 11.9 Å². The quantitative estimate of drug-likeness (QED) is 0.386.